The van der Waals surface area contributed by atoms with E-state index in [1.54, 1.807) is 11.3 Å². The summed E-state index contributed by atoms with van der Waals surface area (Å²) >= 11 is 1.77. The van der Waals surface area contributed by atoms with Gasteiger partial charge in [-0.3, -0.25) is 9.78 Å². The van der Waals surface area contributed by atoms with Gasteiger partial charge in [0.25, 0.3) is 0 Å². The molecule has 2 aromatic heterocycles. The fourth-order valence-corrected chi connectivity index (χ4v) is 6.74. The molecule has 0 atom stereocenters. The van der Waals surface area contributed by atoms with Crippen molar-refractivity contribution in [2.45, 2.75) is 107 Å². The second kappa shape index (κ2) is 16.2. The number of nitrogens with zero attached hydrogens (tertiary/aromatic N) is 2. The Morgan fingerprint density at radius 1 is 0.955 bits per heavy atom. The first kappa shape index (κ1) is 37.8. The van der Waals surface area contributed by atoms with Crippen LogP contribution in [0.2, 0.25) is 0 Å². The van der Waals surface area contributed by atoms with Gasteiger partial charge in [0.2, 0.25) is 0 Å². The molecule has 4 aromatic rings. The number of hydrogen-bond acceptors (Lipinski definition) is 5. The van der Waals surface area contributed by atoms with Crippen molar-refractivity contribution in [3.63, 3.8) is 0 Å². The fraction of sp³-hybridized carbons (Fsp3) is 0.500. The van der Waals surface area contributed by atoms with Crippen LogP contribution in [0.5, 0.6) is 0 Å². The maximum atomic E-state index is 11.7. The predicted octanol–water partition coefficient (Wildman–Crippen LogP) is 11.1. The fourth-order valence-electron chi connectivity index (χ4n) is 5.38. The number of allylic oxidation sites excluding steroid dienone is 2. The number of ketones is 1. The van der Waals surface area contributed by atoms with Crippen LogP contribution in [0.4, 0.5) is 0 Å². The van der Waals surface area contributed by atoms with Crippen molar-refractivity contribution in [2.75, 3.05) is 0 Å². The van der Waals surface area contributed by atoms with Gasteiger partial charge in [0.05, 0.1) is 16.3 Å². The van der Waals surface area contributed by atoms with Crippen molar-refractivity contribution in [3.8, 4) is 11.3 Å². The van der Waals surface area contributed by atoms with Gasteiger partial charge in [-0.05, 0) is 42.6 Å². The average molecular weight is 792 g/mol. The number of carbonyl (C=O) groups is 1. The Morgan fingerprint density at radius 3 is 2.14 bits per heavy atom. The van der Waals surface area contributed by atoms with Crippen molar-refractivity contribution >= 4 is 38.1 Å². The Kier molecular flexibility index (Phi) is 14.0. The Balaban J connectivity index is 0.000000363. The molecule has 0 aliphatic heterocycles. The first-order valence-corrected chi connectivity index (χ1v) is 16.7. The zero-order valence-electron chi connectivity index (χ0n) is 28.3. The van der Waals surface area contributed by atoms with Gasteiger partial charge in [-0.1, -0.05) is 98.4 Å². The van der Waals surface area contributed by atoms with Gasteiger partial charge in [0.1, 0.15) is 0 Å². The summed E-state index contributed by atoms with van der Waals surface area (Å²) in [4.78, 5) is 21.4. The van der Waals surface area contributed by atoms with Crippen LogP contribution < -0.4 is 0 Å². The minimum absolute atomic E-state index is 0. The van der Waals surface area contributed by atoms with Gasteiger partial charge >= 0.3 is 0 Å². The summed E-state index contributed by atoms with van der Waals surface area (Å²) < 4.78 is 1.16. The number of aliphatic hydroxyl groups is 1. The first-order valence-electron chi connectivity index (χ1n) is 15.9. The predicted molar refractivity (Wildman–Crippen MR) is 185 cm³/mol. The van der Waals surface area contributed by atoms with Gasteiger partial charge in [-0.25, -0.2) is 4.98 Å². The summed E-state index contributed by atoms with van der Waals surface area (Å²) in [5.74, 6) is 0.547. The monoisotopic (exact) mass is 792 g/mol. The number of aliphatic hydroxyl groups excluding tert-OH is 1. The topological polar surface area (TPSA) is 63.1 Å². The molecule has 0 saturated carbocycles. The molecule has 4 nitrogen and oxygen atoms in total. The minimum Gasteiger partial charge on any atom is -0.512 e. The zero-order valence-corrected chi connectivity index (χ0v) is 31.5. The Bertz CT molecular complexity index is 1550. The van der Waals surface area contributed by atoms with E-state index in [0.717, 1.165) is 59.0 Å². The second-order valence-electron chi connectivity index (χ2n) is 13.7. The van der Waals surface area contributed by atoms with E-state index < -0.39 is 0 Å². The third-order valence-corrected chi connectivity index (χ3v) is 9.03. The SMILES string of the molecule is CC(C)(C)Cc1nc2ccnc(-c3[c-]c4ccccc4c(C(C)(C)C)c3)c2s1.CCC(CC)C(=O)/C=C(\O)C(CC)CC.[Ir]. The van der Waals surface area contributed by atoms with E-state index in [-0.39, 0.29) is 54.3 Å². The van der Waals surface area contributed by atoms with Gasteiger partial charge in [-0.15, -0.1) is 40.5 Å². The molecule has 1 radical (unpaired) electrons. The zero-order chi connectivity index (χ0) is 31.9. The van der Waals surface area contributed by atoms with Crippen molar-refractivity contribution in [2.24, 2.45) is 17.3 Å². The Morgan fingerprint density at radius 2 is 1.57 bits per heavy atom. The molecule has 0 fully saturated rings. The Hall–Kier alpha value is -2.40. The van der Waals surface area contributed by atoms with Gasteiger partial charge in [-0.2, -0.15) is 0 Å². The number of pyridine rings is 1. The van der Waals surface area contributed by atoms with Crippen LogP contribution in [0.15, 0.2) is 54.4 Å². The van der Waals surface area contributed by atoms with E-state index in [2.05, 4.69) is 77.9 Å². The van der Waals surface area contributed by atoms with Crippen molar-refractivity contribution in [1.82, 2.24) is 9.97 Å². The number of benzene rings is 2. The molecular weight excluding hydrogens is 741 g/mol. The smallest absolute Gasteiger partial charge is 0.162 e. The van der Waals surface area contributed by atoms with Crippen LogP contribution in [0.1, 0.15) is 105 Å². The summed E-state index contributed by atoms with van der Waals surface area (Å²) in [5.41, 5.74) is 4.67. The quantitative estimate of drug-likeness (QED) is 0.104. The van der Waals surface area contributed by atoms with Crippen molar-refractivity contribution < 1.29 is 30.0 Å². The van der Waals surface area contributed by atoms with Crippen LogP contribution in [0.3, 0.4) is 0 Å². The third kappa shape index (κ3) is 9.80. The van der Waals surface area contributed by atoms with E-state index in [1.807, 2.05) is 40.0 Å². The summed E-state index contributed by atoms with van der Waals surface area (Å²) in [6, 6.07) is 16.4. The molecule has 0 aliphatic carbocycles. The molecule has 2 heterocycles. The number of fused-ring (bicyclic) bond motifs is 2. The van der Waals surface area contributed by atoms with Gasteiger partial charge < -0.3 is 5.11 Å². The van der Waals surface area contributed by atoms with Crippen molar-refractivity contribution in [1.29, 1.82) is 0 Å². The molecule has 0 spiro atoms. The molecule has 0 amide bonds. The summed E-state index contributed by atoms with van der Waals surface area (Å²) in [5, 5.41) is 13.3. The largest absolute Gasteiger partial charge is 0.512 e. The molecule has 1 N–H and O–H groups in total. The molecular formula is C38H51IrN2O2S-. The maximum Gasteiger partial charge on any atom is 0.162 e. The molecule has 0 saturated heterocycles. The molecule has 4 rings (SSSR count). The molecule has 6 heteroatoms. The number of thiazole rings is 1. The molecule has 44 heavy (non-hydrogen) atoms. The molecule has 0 unspecified atom stereocenters. The van der Waals surface area contributed by atoms with E-state index in [9.17, 15) is 9.90 Å². The summed E-state index contributed by atoms with van der Waals surface area (Å²) in [7, 11) is 0. The normalized spacial score (nSPS) is 12.4. The first-order chi connectivity index (χ1) is 20.2. The van der Waals surface area contributed by atoms with Crippen LogP contribution in [-0.2, 0) is 36.7 Å². The van der Waals surface area contributed by atoms with E-state index in [4.69, 9.17) is 9.97 Å². The van der Waals surface area contributed by atoms with Gasteiger partial charge in [0, 0.05) is 61.0 Å². The third-order valence-electron chi connectivity index (χ3n) is 7.95. The maximum absolute atomic E-state index is 11.7. The minimum atomic E-state index is 0. The Labute approximate surface area is 283 Å². The number of carbonyl (C=O) groups excluding carboxylic acids is 1. The summed E-state index contributed by atoms with van der Waals surface area (Å²) in [6.07, 6.45) is 7.75. The summed E-state index contributed by atoms with van der Waals surface area (Å²) in [6.45, 7) is 21.6. The average Bonchev–Trinajstić information content (AvgIpc) is 3.34. The molecule has 0 bridgehead atoms. The van der Waals surface area contributed by atoms with E-state index >= 15 is 0 Å². The van der Waals surface area contributed by atoms with Crippen LogP contribution in [-0.4, -0.2) is 20.9 Å². The van der Waals surface area contributed by atoms with Gasteiger partial charge in [0.15, 0.2) is 5.78 Å². The van der Waals surface area contributed by atoms with E-state index in [1.165, 1.54) is 22.0 Å². The second-order valence-corrected chi connectivity index (χ2v) is 14.8. The molecule has 241 valence electrons. The van der Waals surface area contributed by atoms with E-state index in [0.29, 0.717) is 0 Å². The molecule has 0 aliphatic rings. The standard InChI is InChI=1S/C25H27N2S.C13H24O2.Ir/c1-24(2,3)15-21-27-20-11-12-26-22(23(20)28-21)17-13-16-9-7-8-10-18(16)19(14-17)25(4,5)6;1-5-10(6-2)12(14)9-13(15)11(7-3)8-4;/h7-12,14H,15H2,1-6H3;9-11,14H,5-8H2,1-4H3;/q-1;;/b;12-9-;. The number of hydrogen-bond donors (Lipinski definition) is 1. The van der Waals surface area contributed by atoms with Crippen LogP contribution in [0, 0.1) is 23.3 Å². The van der Waals surface area contributed by atoms with Crippen molar-refractivity contribution in [3.05, 3.63) is 71.1 Å². The number of aromatic nitrogens is 2. The van der Waals surface area contributed by atoms with Crippen LogP contribution in [0.25, 0.3) is 32.2 Å². The van der Waals surface area contributed by atoms with Crippen LogP contribution >= 0.6 is 11.3 Å². The molecule has 2 aromatic carbocycles. The number of rotatable bonds is 9.